The maximum Gasteiger partial charge on any atom is 0.225 e. The zero-order valence-electron chi connectivity index (χ0n) is 14.5. The number of halogens is 1. The Balaban J connectivity index is 1.37. The van der Waals surface area contributed by atoms with Crippen molar-refractivity contribution < 1.29 is 13.9 Å². The number of amides is 1. The molecule has 1 atom stereocenters. The van der Waals surface area contributed by atoms with Gasteiger partial charge in [0, 0.05) is 39.2 Å². The lowest BCUT2D eigenvalue weighted by atomic mass is 9.72. The van der Waals surface area contributed by atoms with Gasteiger partial charge in [-0.25, -0.2) is 14.4 Å². The number of likely N-dealkylation sites (tertiary alicyclic amines) is 1. The predicted octanol–water partition coefficient (Wildman–Crippen LogP) is 2.00. The first-order valence-corrected chi connectivity index (χ1v) is 9.25. The van der Waals surface area contributed by atoms with Crippen LogP contribution in [0.1, 0.15) is 38.5 Å². The molecule has 1 aromatic rings. The molecule has 1 aromatic heterocycles. The van der Waals surface area contributed by atoms with Crippen LogP contribution in [0.3, 0.4) is 0 Å². The van der Waals surface area contributed by atoms with Gasteiger partial charge in [-0.3, -0.25) is 4.79 Å². The van der Waals surface area contributed by atoms with Crippen LogP contribution in [0.4, 0.5) is 10.3 Å². The molecule has 3 aliphatic rings. The Morgan fingerprint density at radius 2 is 2.00 bits per heavy atom. The topological polar surface area (TPSA) is 58.6 Å². The quantitative estimate of drug-likeness (QED) is 0.836. The lowest BCUT2D eigenvalue weighted by Gasteiger charge is -2.47. The summed E-state index contributed by atoms with van der Waals surface area (Å²) in [5.41, 5.74) is 0.197. The summed E-state index contributed by atoms with van der Waals surface area (Å²) >= 11 is 0. The van der Waals surface area contributed by atoms with E-state index in [0.717, 1.165) is 64.9 Å². The molecule has 25 heavy (non-hydrogen) atoms. The molecule has 4 rings (SSSR count). The van der Waals surface area contributed by atoms with Gasteiger partial charge < -0.3 is 14.5 Å². The smallest absolute Gasteiger partial charge is 0.225 e. The molecule has 3 aliphatic heterocycles. The van der Waals surface area contributed by atoms with E-state index < -0.39 is 5.82 Å². The standard InChI is InChI=1S/C18H25FN4O2/c19-14-10-20-17(21-11-14)22-7-5-18(6-8-22)4-3-16(24)23(13-18)12-15-2-1-9-25-15/h10-11,15H,1-9,12-13H2/t15-/m0/s1. The molecule has 0 bridgehead atoms. The molecule has 4 heterocycles. The maximum atomic E-state index is 13.0. The van der Waals surface area contributed by atoms with Crippen molar-refractivity contribution in [2.24, 2.45) is 5.41 Å². The van der Waals surface area contributed by atoms with Crippen molar-refractivity contribution >= 4 is 11.9 Å². The van der Waals surface area contributed by atoms with Crippen LogP contribution in [0.2, 0.25) is 0 Å². The number of piperidine rings is 2. The minimum Gasteiger partial charge on any atom is -0.376 e. The van der Waals surface area contributed by atoms with Crippen LogP contribution >= 0.6 is 0 Å². The third kappa shape index (κ3) is 3.61. The number of aromatic nitrogens is 2. The van der Waals surface area contributed by atoms with Crippen molar-refractivity contribution in [1.82, 2.24) is 14.9 Å². The van der Waals surface area contributed by atoms with Crippen molar-refractivity contribution in [2.75, 3.05) is 37.7 Å². The van der Waals surface area contributed by atoms with Crippen LogP contribution in [-0.2, 0) is 9.53 Å². The van der Waals surface area contributed by atoms with E-state index in [1.54, 1.807) is 0 Å². The van der Waals surface area contributed by atoms with Crippen molar-refractivity contribution in [2.45, 2.75) is 44.6 Å². The van der Waals surface area contributed by atoms with Gasteiger partial charge in [-0.1, -0.05) is 0 Å². The van der Waals surface area contributed by atoms with Crippen molar-refractivity contribution in [3.8, 4) is 0 Å². The molecule has 6 nitrogen and oxygen atoms in total. The monoisotopic (exact) mass is 348 g/mol. The van der Waals surface area contributed by atoms with Gasteiger partial charge in [-0.15, -0.1) is 0 Å². The van der Waals surface area contributed by atoms with Crippen LogP contribution in [0, 0.1) is 11.2 Å². The fourth-order valence-corrected chi connectivity index (χ4v) is 4.36. The molecule has 1 amide bonds. The molecular formula is C18H25FN4O2. The molecule has 3 fully saturated rings. The molecule has 3 saturated heterocycles. The average Bonchev–Trinajstić information content (AvgIpc) is 3.13. The van der Waals surface area contributed by atoms with Gasteiger partial charge >= 0.3 is 0 Å². The summed E-state index contributed by atoms with van der Waals surface area (Å²) in [6.07, 6.45) is 8.45. The van der Waals surface area contributed by atoms with Crippen molar-refractivity contribution in [3.63, 3.8) is 0 Å². The van der Waals surface area contributed by atoms with E-state index in [9.17, 15) is 9.18 Å². The second kappa shape index (κ2) is 6.86. The number of carbonyl (C=O) groups excluding carboxylic acids is 1. The van der Waals surface area contributed by atoms with E-state index in [1.807, 2.05) is 4.90 Å². The van der Waals surface area contributed by atoms with Gasteiger partial charge in [-0.05, 0) is 37.5 Å². The number of rotatable bonds is 3. The zero-order chi connectivity index (χ0) is 17.3. The van der Waals surface area contributed by atoms with Gasteiger partial charge in [0.25, 0.3) is 0 Å². The first kappa shape index (κ1) is 16.7. The lowest BCUT2D eigenvalue weighted by Crippen LogP contribution is -2.53. The van der Waals surface area contributed by atoms with E-state index >= 15 is 0 Å². The summed E-state index contributed by atoms with van der Waals surface area (Å²) in [7, 11) is 0. The number of carbonyl (C=O) groups is 1. The Morgan fingerprint density at radius 1 is 1.24 bits per heavy atom. The van der Waals surface area contributed by atoms with E-state index in [4.69, 9.17) is 4.74 Å². The third-order valence-corrected chi connectivity index (χ3v) is 5.91. The van der Waals surface area contributed by atoms with Crippen LogP contribution in [0.25, 0.3) is 0 Å². The van der Waals surface area contributed by atoms with E-state index in [1.165, 1.54) is 12.4 Å². The van der Waals surface area contributed by atoms with Gasteiger partial charge in [0.05, 0.1) is 18.5 Å². The highest BCUT2D eigenvalue weighted by atomic mass is 19.1. The van der Waals surface area contributed by atoms with Crippen molar-refractivity contribution in [1.29, 1.82) is 0 Å². The molecule has 0 aromatic carbocycles. The molecule has 136 valence electrons. The van der Waals surface area contributed by atoms with Crippen molar-refractivity contribution in [3.05, 3.63) is 18.2 Å². The molecular weight excluding hydrogens is 323 g/mol. The molecule has 0 N–H and O–H groups in total. The Labute approximate surface area is 147 Å². The summed E-state index contributed by atoms with van der Waals surface area (Å²) in [6.45, 7) is 4.11. The third-order valence-electron chi connectivity index (χ3n) is 5.91. The number of nitrogens with zero attached hydrogens (tertiary/aromatic N) is 4. The first-order valence-electron chi connectivity index (χ1n) is 9.25. The summed E-state index contributed by atoms with van der Waals surface area (Å²) in [6, 6.07) is 0. The fraction of sp³-hybridized carbons (Fsp3) is 0.722. The molecule has 0 unspecified atom stereocenters. The number of ether oxygens (including phenoxy) is 1. The Bertz CT molecular complexity index is 610. The molecule has 7 heteroatoms. The highest BCUT2D eigenvalue weighted by molar-refractivity contribution is 5.77. The Hall–Kier alpha value is -1.76. The van der Waals surface area contributed by atoms with Crippen LogP contribution in [-0.4, -0.2) is 59.7 Å². The Morgan fingerprint density at radius 3 is 2.68 bits per heavy atom. The van der Waals surface area contributed by atoms with Crippen LogP contribution < -0.4 is 4.90 Å². The van der Waals surface area contributed by atoms with Crippen LogP contribution in [0.15, 0.2) is 12.4 Å². The highest BCUT2D eigenvalue weighted by Gasteiger charge is 2.42. The first-order chi connectivity index (χ1) is 12.1. The SMILES string of the molecule is O=C1CCC2(CCN(c3ncc(F)cn3)CC2)CN1C[C@@H]1CCCO1. The average molecular weight is 348 g/mol. The maximum absolute atomic E-state index is 13.0. The van der Waals surface area contributed by atoms with Crippen LogP contribution in [0.5, 0.6) is 0 Å². The fourth-order valence-electron chi connectivity index (χ4n) is 4.36. The van der Waals surface area contributed by atoms with Gasteiger partial charge in [-0.2, -0.15) is 0 Å². The zero-order valence-corrected chi connectivity index (χ0v) is 14.5. The minimum atomic E-state index is -0.409. The second-order valence-electron chi connectivity index (χ2n) is 7.60. The Kier molecular flexibility index (Phi) is 4.58. The van der Waals surface area contributed by atoms with E-state index in [-0.39, 0.29) is 17.4 Å². The molecule has 0 aliphatic carbocycles. The van der Waals surface area contributed by atoms with E-state index in [0.29, 0.717) is 12.4 Å². The largest absolute Gasteiger partial charge is 0.376 e. The second-order valence-corrected chi connectivity index (χ2v) is 7.60. The number of hydrogen-bond donors (Lipinski definition) is 0. The summed E-state index contributed by atoms with van der Waals surface area (Å²) < 4.78 is 18.7. The number of hydrogen-bond acceptors (Lipinski definition) is 5. The van der Waals surface area contributed by atoms with Gasteiger partial charge in [0.2, 0.25) is 11.9 Å². The number of anilines is 1. The molecule has 0 saturated carbocycles. The van der Waals surface area contributed by atoms with Gasteiger partial charge in [0.15, 0.2) is 5.82 Å². The summed E-state index contributed by atoms with van der Waals surface area (Å²) in [4.78, 5) is 24.7. The minimum absolute atomic E-state index is 0.197. The highest BCUT2D eigenvalue weighted by Crippen LogP contribution is 2.41. The normalized spacial score (nSPS) is 26.4. The molecule has 0 radical (unpaired) electrons. The summed E-state index contributed by atoms with van der Waals surface area (Å²) in [5.74, 6) is 0.456. The molecule has 1 spiro atoms. The lowest BCUT2D eigenvalue weighted by molar-refractivity contribution is -0.140. The summed E-state index contributed by atoms with van der Waals surface area (Å²) in [5, 5.41) is 0. The predicted molar refractivity (Wildman–Crippen MR) is 90.7 cm³/mol. The van der Waals surface area contributed by atoms with Gasteiger partial charge in [0.1, 0.15) is 0 Å². The van der Waals surface area contributed by atoms with E-state index in [2.05, 4.69) is 14.9 Å².